The Kier molecular flexibility index (Phi) is 3.02. The standard InChI is InChI=1S/C14H17N3O/c15-7-12-9-17(10-16-12)8-11-5-6-18-14-4-2-1-3-13(11)14/h1-4,9-11H,5-8,15H2. The smallest absolute Gasteiger partial charge is 0.122 e. The molecule has 18 heavy (non-hydrogen) atoms. The van der Waals surface area contributed by atoms with Crippen LogP contribution in [0.2, 0.25) is 0 Å². The van der Waals surface area contributed by atoms with E-state index in [4.69, 9.17) is 10.5 Å². The number of rotatable bonds is 3. The largest absolute Gasteiger partial charge is 0.493 e. The first kappa shape index (κ1) is 11.3. The molecule has 1 unspecified atom stereocenters. The van der Waals surface area contributed by atoms with Gasteiger partial charge in [-0.1, -0.05) is 18.2 Å². The van der Waals surface area contributed by atoms with Crippen LogP contribution in [0, 0.1) is 0 Å². The molecular formula is C14H17N3O. The van der Waals surface area contributed by atoms with E-state index in [1.807, 2.05) is 24.7 Å². The average Bonchev–Trinajstić information content (AvgIpc) is 2.87. The number of hydrogen-bond donors (Lipinski definition) is 1. The maximum Gasteiger partial charge on any atom is 0.122 e. The van der Waals surface area contributed by atoms with Crippen LogP contribution in [0.1, 0.15) is 23.6 Å². The van der Waals surface area contributed by atoms with Crippen molar-refractivity contribution in [2.75, 3.05) is 6.61 Å². The summed E-state index contributed by atoms with van der Waals surface area (Å²) in [7, 11) is 0. The van der Waals surface area contributed by atoms with Gasteiger partial charge in [0.15, 0.2) is 0 Å². The first-order valence-electron chi connectivity index (χ1n) is 6.29. The lowest BCUT2D eigenvalue weighted by atomic mass is 9.93. The molecule has 1 aromatic carbocycles. The quantitative estimate of drug-likeness (QED) is 0.896. The summed E-state index contributed by atoms with van der Waals surface area (Å²) in [6, 6.07) is 8.28. The molecule has 0 saturated carbocycles. The number of nitrogens with two attached hydrogens (primary N) is 1. The molecule has 0 saturated heterocycles. The average molecular weight is 243 g/mol. The summed E-state index contributed by atoms with van der Waals surface area (Å²) in [6.07, 6.45) is 4.94. The lowest BCUT2D eigenvalue weighted by Crippen LogP contribution is -2.18. The van der Waals surface area contributed by atoms with Gasteiger partial charge in [0.05, 0.1) is 18.6 Å². The maximum absolute atomic E-state index is 5.67. The van der Waals surface area contributed by atoms with Gasteiger partial charge >= 0.3 is 0 Å². The molecule has 2 N–H and O–H groups in total. The third-order valence-electron chi connectivity index (χ3n) is 3.41. The van der Waals surface area contributed by atoms with E-state index in [0.29, 0.717) is 12.5 Å². The van der Waals surface area contributed by atoms with Gasteiger partial charge in [-0.15, -0.1) is 0 Å². The van der Waals surface area contributed by atoms with Crippen LogP contribution in [0.5, 0.6) is 5.75 Å². The fourth-order valence-electron chi connectivity index (χ4n) is 2.47. The molecule has 1 aromatic heterocycles. The van der Waals surface area contributed by atoms with Gasteiger partial charge in [-0.25, -0.2) is 4.98 Å². The highest BCUT2D eigenvalue weighted by atomic mass is 16.5. The predicted octanol–water partition coefficient (Wildman–Crippen LogP) is 1.91. The first-order chi connectivity index (χ1) is 8.86. The number of aromatic nitrogens is 2. The van der Waals surface area contributed by atoms with E-state index >= 15 is 0 Å². The number of nitrogens with zero attached hydrogens (tertiary/aromatic N) is 2. The molecule has 1 atom stereocenters. The molecule has 2 aromatic rings. The Morgan fingerprint density at radius 2 is 2.28 bits per heavy atom. The first-order valence-corrected chi connectivity index (χ1v) is 6.29. The summed E-state index contributed by atoms with van der Waals surface area (Å²) in [6.45, 7) is 2.23. The van der Waals surface area contributed by atoms with Crippen LogP contribution in [0.15, 0.2) is 36.8 Å². The van der Waals surface area contributed by atoms with Crippen LogP contribution in [0.3, 0.4) is 0 Å². The summed E-state index contributed by atoms with van der Waals surface area (Å²) in [5, 5.41) is 0. The molecule has 0 fully saturated rings. The number of para-hydroxylation sites is 1. The minimum Gasteiger partial charge on any atom is -0.493 e. The van der Waals surface area contributed by atoms with Gasteiger partial charge < -0.3 is 15.0 Å². The van der Waals surface area contributed by atoms with Crippen LogP contribution < -0.4 is 10.5 Å². The van der Waals surface area contributed by atoms with Crippen molar-refractivity contribution in [2.45, 2.75) is 25.4 Å². The van der Waals surface area contributed by atoms with Gasteiger partial charge in [0.2, 0.25) is 0 Å². The minimum absolute atomic E-state index is 0.495. The summed E-state index contributed by atoms with van der Waals surface area (Å²) < 4.78 is 7.79. The highest BCUT2D eigenvalue weighted by Gasteiger charge is 2.21. The molecule has 1 aliphatic rings. The summed E-state index contributed by atoms with van der Waals surface area (Å²) >= 11 is 0. The SMILES string of the molecule is NCc1cn(CC2CCOc3ccccc32)cn1. The van der Waals surface area contributed by atoms with Gasteiger partial charge in [-0.05, 0) is 18.1 Å². The van der Waals surface area contributed by atoms with Crippen molar-refractivity contribution < 1.29 is 4.74 Å². The third-order valence-corrected chi connectivity index (χ3v) is 3.41. The number of fused-ring (bicyclic) bond motifs is 1. The second-order valence-electron chi connectivity index (χ2n) is 4.64. The predicted molar refractivity (Wildman–Crippen MR) is 69.4 cm³/mol. The number of imidazole rings is 1. The molecule has 1 aliphatic heterocycles. The fourth-order valence-corrected chi connectivity index (χ4v) is 2.47. The third kappa shape index (κ3) is 2.11. The van der Waals surface area contributed by atoms with Crippen molar-refractivity contribution in [3.8, 4) is 5.75 Å². The lowest BCUT2D eigenvalue weighted by molar-refractivity contribution is 0.259. The van der Waals surface area contributed by atoms with E-state index in [1.54, 1.807) is 0 Å². The summed E-state index contributed by atoms with van der Waals surface area (Å²) in [5.74, 6) is 1.52. The van der Waals surface area contributed by atoms with E-state index in [1.165, 1.54) is 5.56 Å². The molecule has 0 spiro atoms. The molecule has 0 bridgehead atoms. The molecule has 0 amide bonds. The highest BCUT2D eigenvalue weighted by molar-refractivity contribution is 5.37. The van der Waals surface area contributed by atoms with E-state index in [2.05, 4.69) is 21.7 Å². The zero-order chi connectivity index (χ0) is 12.4. The molecule has 94 valence electrons. The van der Waals surface area contributed by atoms with Gasteiger partial charge in [-0.3, -0.25) is 0 Å². The Morgan fingerprint density at radius 1 is 1.39 bits per heavy atom. The molecule has 4 heteroatoms. The zero-order valence-corrected chi connectivity index (χ0v) is 10.2. The summed E-state index contributed by atoms with van der Waals surface area (Å²) in [5.41, 5.74) is 7.82. The molecule has 3 rings (SSSR count). The van der Waals surface area contributed by atoms with E-state index in [-0.39, 0.29) is 0 Å². The highest BCUT2D eigenvalue weighted by Crippen LogP contribution is 2.34. The van der Waals surface area contributed by atoms with Gasteiger partial charge in [0, 0.05) is 25.2 Å². The van der Waals surface area contributed by atoms with Crippen LogP contribution in [0.25, 0.3) is 0 Å². The summed E-state index contributed by atoms with van der Waals surface area (Å²) in [4.78, 5) is 4.26. The Labute approximate surface area is 106 Å². The van der Waals surface area contributed by atoms with Crippen molar-refractivity contribution >= 4 is 0 Å². The Bertz CT molecular complexity index is 535. The van der Waals surface area contributed by atoms with Crippen molar-refractivity contribution in [1.82, 2.24) is 9.55 Å². The van der Waals surface area contributed by atoms with Crippen LogP contribution in [0.4, 0.5) is 0 Å². The van der Waals surface area contributed by atoms with E-state index < -0.39 is 0 Å². The van der Waals surface area contributed by atoms with Gasteiger partial charge in [0.1, 0.15) is 5.75 Å². The second-order valence-corrected chi connectivity index (χ2v) is 4.64. The monoisotopic (exact) mass is 243 g/mol. The molecule has 4 nitrogen and oxygen atoms in total. The topological polar surface area (TPSA) is 53.1 Å². The Hall–Kier alpha value is -1.81. The van der Waals surface area contributed by atoms with E-state index in [9.17, 15) is 0 Å². The fraction of sp³-hybridized carbons (Fsp3) is 0.357. The van der Waals surface area contributed by atoms with Crippen LogP contribution in [-0.2, 0) is 13.1 Å². The van der Waals surface area contributed by atoms with Crippen molar-refractivity contribution in [1.29, 1.82) is 0 Å². The zero-order valence-electron chi connectivity index (χ0n) is 10.2. The second kappa shape index (κ2) is 4.82. The number of benzene rings is 1. The number of hydrogen-bond acceptors (Lipinski definition) is 3. The van der Waals surface area contributed by atoms with Crippen molar-refractivity contribution in [3.05, 3.63) is 48.0 Å². The molecule has 2 heterocycles. The Balaban J connectivity index is 1.81. The van der Waals surface area contributed by atoms with Crippen LogP contribution in [-0.4, -0.2) is 16.2 Å². The lowest BCUT2D eigenvalue weighted by Gasteiger charge is -2.26. The Morgan fingerprint density at radius 3 is 3.11 bits per heavy atom. The minimum atomic E-state index is 0.495. The van der Waals surface area contributed by atoms with Gasteiger partial charge in [-0.2, -0.15) is 0 Å². The molecule has 0 aliphatic carbocycles. The molecule has 0 radical (unpaired) electrons. The van der Waals surface area contributed by atoms with Crippen molar-refractivity contribution in [2.24, 2.45) is 5.73 Å². The van der Waals surface area contributed by atoms with Crippen molar-refractivity contribution in [3.63, 3.8) is 0 Å². The normalized spacial score (nSPS) is 18.2. The van der Waals surface area contributed by atoms with E-state index in [0.717, 1.165) is 31.0 Å². The maximum atomic E-state index is 5.67. The molecular weight excluding hydrogens is 226 g/mol. The van der Waals surface area contributed by atoms with Gasteiger partial charge in [0.25, 0.3) is 0 Å². The van der Waals surface area contributed by atoms with Crippen LogP contribution >= 0.6 is 0 Å². The number of ether oxygens (including phenoxy) is 1.